The number of carbonyl (C=O) groups excluding carboxylic acids is 2. The number of nitrogens with one attached hydrogen (secondary N) is 3. The molecular formula is C34H37ClFN7O4. The van der Waals surface area contributed by atoms with E-state index in [-0.39, 0.29) is 11.6 Å². The minimum Gasteiger partial charge on any atom is -0.496 e. The lowest BCUT2D eigenvalue weighted by atomic mass is 9.98. The lowest BCUT2D eigenvalue weighted by Gasteiger charge is -2.40. The van der Waals surface area contributed by atoms with Crippen molar-refractivity contribution in [3.63, 3.8) is 0 Å². The van der Waals surface area contributed by atoms with Crippen LogP contribution in [0, 0.1) is 6.92 Å². The fourth-order valence-electron chi connectivity index (χ4n) is 5.90. The number of imidazole rings is 1. The highest BCUT2D eigenvalue weighted by Crippen LogP contribution is 2.38. The second kappa shape index (κ2) is 13.4. The second-order valence-electron chi connectivity index (χ2n) is 12.1. The van der Waals surface area contributed by atoms with Crippen molar-refractivity contribution in [2.75, 3.05) is 51.2 Å². The van der Waals surface area contributed by atoms with Crippen LogP contribution in [0.5, 0.6) is 5.75 Å². The molecule has 6 rings (SSSR count). The van der Waals surface area contributed by atoms with Crippen molar-refractivity contribution in [1.29, 1.82) is 0 Å². The molecule has 2 amide bonds. The number of aromatic nitrogens is 3. The van der Waals surface area contributed by atoms with E-state index in [1.54, 1.807) is 24.4 Å². The Bertz CT molecular complexity index is 1840. The van der Waals surface area contributed by atoms with Crippen LogP contribution in [-0.2, 0) is 31.3 Å². The molecule has 2 aliphatic rings. The van der Waals surface area contributed by atoms with Gasteiger partial charge in [0.05, 0.1) is 42.3 Å². The Labute approximate surface area is 277 Å². The van der Waals surface area contributed by atoms with Gasteiger partial charge >= 0.3 is 0 Å². The lowest BCUT2D eigenvalue weighted by molar-refractivity contribution is -0.0852. The van der Waals surface area contributed by atoms with Crippen molar-refractivity contribution in [3.8, 4) is 16.9 Å². The van der Waals surface area contributed by atoms with Crippen molar-refractivity contribution in [2.24, 2.45) is 7.05 Å². The smallest absolute Gasteiger partial charge is 0.291 e. The summed E-state index contributed by atoms with van der Waals surface area (Å²) in [6.07, 6.45) is 2.38. The normalized spacial score (nSPS) is 15.4. The summed E-state index contributed by atoms with van der Waals surface area (Å²) in [6, 6.07) is 12.5. The van der Waals surface area contributed by atoms with Gasteiger partial charge in [-0.05, 0) is 37.2 Å². The number of hydrogen-bond acceptors (Lipinski definition) is 8. The molecule has 2 aromatic heterocycles. The van der Waals surface area contributed by atoms with Gasteiger partial charge in [-0.25, -0.2) is 9.37 Å². The third-order valence-corrected chi connectivity index (χ3v) is 9.24. The number of likely N-dealkylation sites (N-methyl/N-ethyl adjacent to an activating group) is 1. The molecule has 3 N–H and O–H groups in total. The number of rotatable bonds is 10. The van der Waals surface area contributed by atoms with E-state index in [2.05, 4.69) is 30.8 Å². The highest BCUT2D eigenvalue weighted by Gasteiger charge is 2.38. The van der Waals surface area contributed by atoms with Crippen molar-refractivity contribution in [3.05, 3.63) is 87.7 Å². The molecule has 13 heteroatoms. The minimum absolute atomic E-state index is 0.160. The molecular weight excluding hydrogens is 625 g/mol. The molecule has 246 valence electrons. The zero-order valence-corrected chi connectivity index (χ0v) is 27.5. The SMILES string of the molecule is COc1cc(C(=O)Nc2cccc(-c3cccc(NC(=O)c4nc5c(n4C)CCN(C)C5)c3Cl)c2C)ncc1CNC1(CF)COC1. The number of ether oxygens (including phenoxy) is 2. The fourth-order valence-corrected chi connectivity index (χ4v) is 6.17. The number of pyridine rings is 1. The summed E-state index contributed by atoms with van der Waals surface area (Å²) in [5.74, 6) is 0.0247. The Morgan fingerprint density at radius 2 is 1.81 bits per heavy atom. The summed E-state index contributed by atoms with van der Waals surface area (Å²) < 4.78 is 26.0. The predicted molar refractivity (Wildman–Crippen MR) is 178 cm³/mol. The molecule has 2 aromatic carbocycles. The van der Waals surface area contributed by atoms with E-state index < -0.39 is 18.1 Å². The summed E-state index contributed by atoms with van der Waals surface area (Å²) in [4.78, 5) is 37.8. The van der Waals surface area contributed by atoms with Gasteiger partial charge in [0.25, 0.3) is 11.8 Å². The maximum Gasteiger partial charge on any atom is 0.291 e. The predicted octanol–water partition coefficient (Wildman–Crippen LogP) is 4.77. The number of alkyl halides is 1. The van der Waals surface area contributed by atoms with E-state index >= 15 is 0 Å². The molecule has 1 saturated heterocycles. The summed E-state index contributed by atoms with van der Waals surface area (Å²) >= 11 is 6.89. The van der Waals surface area contributed by atoms with Gasteiger partial charge < -0.3 is 34.9 Å². The molecule has 47 heavy (non-hydrogen) atoms. The van der Waals surface area contributed by atoms with E-state index in [9.17, 15) is 14.0 Å². The van der Waals surface area contributed by atoms with Gasteiger partial charge in [-0.15, -0.1) is 0 Å². The molecule has 11 nitrogen and oxygen atoms in total. The standard InChI is InChI=1S/C34H37ClFN7O4/c1-20-22(23-8-6-10-25(30(23)35)41-33(45)31-39-27-16-42(2)12-11-28(27)43(31)3)7-5-9-24(20)40-32(44)26-13-29(46-4)21(14-37-26)15-38-34(17-36)18-47-19-34/h5-10,13-14,38H,11-12,15-19H2,1-4H3,(H,40,44)(H,41,45). The van der Waals surface area contributed by atoms with E-state index in [1.165, 1.54) is 7.11 Å². The minimum atomic E-state index is -0.701. The van der Waals surface area contributed by atoms with E-state index in [1.807, 2.05) is 49.9 Å². The van der Waals surface area contributed by atoms with E-state index in [0.29, 0.717) is 65.4 Å². The molecule has 0 saturated carbocycles. The highest BCUT2D eigenvalue weighted by molar-refractivity contribution is 6.36. The van der Waals surface area contributed by atoms with Crippen molar-refractivity contribution < 1.29 is 23.5 Å². The Balaban J connectivity index is 1.19. The molecule has 0 atom stereocenters. The van der Waals surface area contributed by atoms with Crippen LogP contribution in [0.2, 0.25) is 5.02 Å². The largest absolute Gasteiger partial charge is 0.496 e. The number of halogens is 2. The number of carbonyl (C=O) groups is 2. The number of hydrogen-bond donors (Lipinski definition) is 3. The van der Waals surface area contributed by atoms with Crippen LogP contribution >= 0.6 is 11.6 Å². The summed E-state index contributed by atoms with van der Waals surface area (Å²) in [7, 11) is 5.40. The van der Waals surface area contributed by atoms with Gasteiger partial charge in [0.2, 0.25) is 0 Å². The quantitative estimate of drug-likeness (QED) is 0.222. The van der Waals surface area contributed by atoms with Crippen LogP contribution < -0.4 is 20.7 Å². The van der Waals surface area contributed by atoms with Crippen molar-refractivity contribution in [1.82, 2.24) is 24.8 Å². The van der Waals surface area contributed by atoms with Crippen molar-refractivity contribution >= 4 is 34.8 Å². The lowest BCUT2D eigenvalue weighted by Crippen LogP contribution is -2.61. The van der Waals surface area contributed by atoms with Crippen LogP contribution in [0.15, 0.2) is 48.7 Å². The maximum absolute atomic E-state index is 13.5. The highest BCUT2D eigenvalue weighted by atomic mass is 35.5. The first-order valence-electron chi connectivity index (χ1n) is 15.3. The zero-order valence-electron chi connectivity index (χ0n) is 26.7. The molecule has 0 radical (unpaired) electrons. The topological polar surface area (TPSA) is 123 Å². The molecule has 0 bridgehead atoms. The average Bonchev–Trinajstić information content (AvgIpc) is 3.38. The first-order valence-corrected chi connectivity index (χ1v) is 15.7. The third kappa shape index (κ3) is 6.46. The molecule has 4 aromatic rings. The third-order valence-electron chi connectivity index (χ3n) is 8.83. The van der Waals surface area contributed by atoms with Crippen LogP contribution in [0.4, 0.5) is 15.8 Å². The zero-order chi connectivity index (χ0) is 33.3. The number of nitrogens with zero attached hydrogens (tertiary/aromatic N) is 4. The second-order valence-corrected chi connectivity index (χ2v) is 12.4. The Morgan fingerprint density at radius 3 is 2.51 bits per heavy atom. The van der Waals surface area contributed by atoms with Crippen LogP contribution in [0.1, 0.15) is 43.6 Å². The summed E-state index contributed by atoms with van der Waals surface area (Å²) in [5.41, 5.74) is 5.41. The van der Waals surface area contributed by atoms with Crippen LogP contribution in [-0.4, -0.2) is 77.4 Å². The first-order chi connectivity index (χ1) is 22.6. The number of methoxy groups -OCH3 is 1. The Morgan fingerprint density at radius 1 is 1.09 bits per heavy atom. The van der Waals surface area contributed by atoms with Gasteiger partial charge in [-0.1, -0.05) is 35.9 Å². The van der Waals surface area contributed by atoms with Gasteiger partial charge in [-0.2, -0.15) is 0 Å². The number of benzene rings is 2. The monoisotopic (exact) mass is 661 g/mol. The molecule has 0 unspecified atom stereocenters. The fraction of sp³-hybridized carbons (Fsp3) is 0.353. The van der Waals surface area contributed by atoms with Crippen molar-refractivity contribution in [2.45, 2.75) is 32.0 Å². The van der Waals surface area contributed by atoms with Gasteiger partial charge in [0, 0.05) is 67.9 Å². The Kier molecular flexibility index (Phi) is 9.29. The van der Waals surface area contributed by atoms with Gasteiger partial charge in [0.1, 0.15) is 18.1 Å². The van der Waals surface area contributed by atoms with Crippen LogP contribution in [0.25, 0.3) is 11.1 Å². The van der Waals surface area contributed by atoms with E-state index in [4.69, 9.17) is 21.1 Å². The molecule has 0 spiro atoms. The Hall–Kier alpha value is -4.36. The average molecular weight is 662 g/mol. The van der Waals surface area contributed by atoms with Gasteiger partial charge in [0.15, 0.2) is 5.82 Å². The molecule has 4 heterocycles. The van der Waals surface area contributed by atoms with Gasteiger partial charge in [-0.3, -0.25) is 14.6 Å². The number of anilines is 2. The number of amides is 2. The molecule has 2 aliphatic heterocycles. The summed E-state index contributed by atoms with van der Waals surface area (Å²) in [5, 5.41) is 9.42. The summed E-state index contributed by atoms with van der Waals surface area (Å²) in [6.45, 7) is 3.86. The first kappa shape index (κ1) is 32.6. The maximum atomic E-state index is 13.5. The van der Waals surface area contributed by atoms with Crippen LogP contribution in [0.3, 0.4) is 0 Å². The molecule has 1 fully saturated rings. The number of fused-ring (bicyclic) bond motifs is 1. The molecule has 0 aliphatic carbocycles. The van der Waals surface area contributed by atoms with E-state index in [0.717, 1.165) is 35.5 Å².